The van der Waals surface area contributed by atoms with Crippen LogP contribution in [0, 0.1) is 0 Å². The zero-order valence-corrected chi connectivity index (χ0v) is 21.1. The van der Waals surface area contributed by atoms with Gasteiger partial charge in [0.15, 0.2) is 0 Å². The van der Waals surface area contributed by atoms with Gasteiger partial charge in [-0.3, -0.25) is 4.79 Å². The van der Waals surface area contributed by atoms with E-state index in [1.54, 1.807) is 11.8 Å². The molecule has 3 nitrogen and oxygen atoms in total. The fourth-order valence-electron chi connectivity index (χ4n) is 3.55. The van der Waals surface area contributed by atoms with E-state index in [1.165, 1.54) is 11.1 Å². The first-order chi connectivity index (χ1) is 14.4. The Morgan fingerprint density at radius 2 is 1.48 bits per heavy atom. The topological polar surface area (TPSA) is 49.3 Å². The SMILES string of the molecule is CCc1ccc(NC(=O)CSCCCc2cc(C(C)(C)C)c(O)c(C(C)(C)C)c2)cc1. The van der Waals surface area contributed by atoms with E-state index in [-0.39, 0.29) is 16.7 Å². The number of nitrogens with one attached hydrogen (secondary N) is 1. The van der Waals surface area contributed by atoms with E-state index in [1.807, 2.05) is 12.1 Å². The van der Waals surface area contributed by atoms with Crippen molar-refractivity contribution < 1.29 is 9.90 Å². The first-order valence-corrected chi connectivity index (χ1v) is 12.4. The molecule has 31 heavy (non-hydrogen) atoms. The lowest BCUT2D eigenvalue weighted by Gasteiger charge is -2.28. The van der Waals surface area contributed by atoms with Crippen molar-refractivity contribution in [3.63, 3.8) is 0 Å². The molecule has 0 saturated heterocycles. The first-order valence-electron chi connectivity index (χ1n) is 11.2. The zero-order chi connectivity index (χ0) is 23.2. The largest absolute Gasteiger partial charge is 0.507 e. The molecule has 170 valence electrons. The van der Waals surface area contributed by atoms with Crippen molar-refractivity contribution in [2.75, 3.05) is 16.8 Å². The summed E-state index contributed by atoms with van der Waals surface area (Å²) in [7, 11) is 0. The highest BCUT2D eigenvalue weighted by atomic mass is 32.2. The Kier molecular flexibility index (Phi) is 8.65. The number of anilines is 1. The highest BCUT2D eigenvalue weighted by Crippen LogP contribution is 2.40. The monoisotopic (exact) mass is 441 g/mol. The number of rotatable bonds is 8. The molecule has 0 bridgehead atoms. The molecule has 2 N–H and O–H groups in total. The minimum atomic E-state index is -0.109. The van der Waals surface area contributed by atoms with Crippen LogP contribution in [-0.2, 0) is 28.5 Å². The quantitative estimate of drug-likeness (QED) is 0.440. The van der Waals surface area contributed by atoms with Gasteiger partial charge in [-0.05, 0) is 70.2 Å². The van der Waals surface area contributed by atoms with E-state index >= 15 is 0 Å². The van der Waals surface area contributed by atoms with Gasteiger partial charge >= 0.3 is 0 Å². The van der Waals surface area contributed by atoms with E-state index in [4.69, 9.17) is 0 Å². The highest BCUT2D eigenvalue weighted by Gasteiger charge is 2.26. The molecule has 2 aromatic rings. The summed E-state index contributed by atoms with van der Waals surface area (Å²) in [6.07, 6.45) is 2.94. The summed E-state index contributed by atoms with van der Waals surface area (Å²) in [5.74, 6) is 1.87. The maximum atomic E-state index is 12.2. The van der Waals surface area contributed by atoms with E-state index < -0.39 is 0 Å². The van der Waals surface area contributed by atoms with E-state index in [2.05, 4.69) is 78.0 Å². The fraction of sp³-hybridized carbons (Fsp3) is 0.519. The summed E-state index contributed by atoms with van der Waals surface area (Å²) in [6.45, 7) is 15.0. The predicted octanol–water partition coefficient (Wildman–Crippen LogP) is 6.85. The maximum absolute atomic E-state index is 12.2. The zero-order valence-electron chi connectivity index (χ0n) is 20.3. The van der Waals surface area contributed by atoms with Gasteiger partial charge < -0.3 is 10.4 Å². The molecule has 2 aromatic carbocycles. The summed E-state index contributed by atoms with van der Waals surface area (Å²) in [4.78, 5) is 12.2. The molecule has 0 fully saturated rings. The van der Waals surface area contributed by atoms with Crippen molar-refractivity contribution in [1.82, 2.24) is 0 Å². The summed E-state index contributed by atoms with van der Waals surface area (Å²) < 4.78 is 0. The standard InChI is InChI=1S/C27H39NO2S/c1-8-19-11-13-21(14-12-19)28-24(29)18-31-15-9-10-20-16-22(26(2,3)4)25(30)23(17-20)27(5,6)7/h11-14,16-17,30H,8-10,15,18H2,1-7H3,(H,28,29). The second kappa shape index (κ2) is 10.6. The van der Waals surface area contributed by atoms with Crippen LogP contribution >= 0.6 is 11.8 Å². The fourth-order valence-corrected chi connectivity index (χ4v) is 4.30. The number of carbonyl (C=O) groups excluding carboxylic acids is 1. The van der Waals surface area contributed by atoms with Crippen molar-refractivity contribution >= 4 is 23.4 Å². The maximum Gasteiger partial charge on any atom is 0.234 e. The van der Waals surface area contributed by atoms with Crippen molar-refractivity contribution in [2.24, 2.45) is 0 Å². The number of aryl methyl sites for hydroxylation is 2. The van der Waals surface area contributed by atoms with E-state index in [0.29, 0.717) is 11.5 Å². The van der Waals surface area contributed by atoms with Gasteiger partial charge in [0.1, 0.15) is 5.75 Å². The number of phenolic OH excluding ortho intramolecular Hbond substituents is 1. The van der Waals surface area contributed by atoms with Crippen LogP contribution in [0.1, 0.15) is 77.1 Å². The Morgan fingerprint density at radius 3 is 1.97 bits per heavy atom. The molecule has 0 heterocycles. The Morgan fingerprint density at radius 1 is 0.935 bits per heavy atom. The van der Waals surface area contributed by atoms with Gasteiger partial charge in [-0.2, -0.15) is 11.8 Å². The summed E-state index contributed by atoms with van der Waals surface area (Å²) in [5, 5.41) is 13.8. The molecule has 0 atom stereocenters. The molecule has 2 rings (SSSR count). The average Bonchev–Trinajstić information content (AvgIpc) is 2.67. The molecule has 0 aromatic heterocycles. The smallest absolute Gasteiger partial charge is 0.234 e. The molecule has 0 aliphatic heterocycles. The van der Waals surface area contributed by atoms with Crippen LogP contribution in [0.15, 0.2) is 36.4 Å². The molecule has 0 aliphatic carbocycles. The van der Waals surface area contributed by atoms with Crippen molar-refractivity contribution in [3.05, 3.63) is 58.7 Å². The van der Waals surface area contributed by atoms with Gasteiger partial charge in [0, 0.05) is 5.69 Å². The molecule has 0 spiro atoms. The highest BCUT2D eigenvalue weighted by molar-refractivity contribution is 7.99. The van der Waals surface area contributed by atoms with Gasteiger partial charge in [-0.1, -0.05) is 72.7 Å². The Bertz CT molecular complexity index is 839. The first kappa shape index (κ1) is 25.3. The molecule has 0 aliphatic rings. The Balaban J connectivity index is 1.89. The third-order valence-corrected chi connectivity index (χ3v) is 6.46. The normalized spacial score (nSPS) is 12.1. The van der Waals surface area contributed by atoms with Crippen LogP contribution in [-0.4, -0.2) is 22.5 Å². The number of amides is 1. The minimum absolute atomic E-state index is 0.0453. The second-order valence-electron chi connectivity index (χ2n) is 10.3. The van der Waals surface area contributed by atoms with Crippen LogP contribution in [0.2, 0.25) is 0 Å². The van der Waals surface area contributed by atoms with Crippen LogP contribution < -0.4 is 5.32 Å². The van der Waals surface area contributed by atoms with Gasteiger partial charge in [-0.25, -0.2) is 0 Å². The molecular formula is C27H39NO2S. The third-order valence-electron chi connectivity index (χ3n) is 5.42. The number of thioether (sulfide) groups is 1. The van der Waals surface area contributed by atoms with Crippen molar-refractivity contribution in [1.29, 1.82) is 0 Å². The lowest BCUT2D eigenvalue weighted by molar-refractivity contribution is -0.113. The van der Waals surface area contributed by atoms with E-state index in [0.717, 1.165) is 41.8 Å². The molecule has 0 saturated carbocycles. The van der Waals surface area contributed by atoms with Crippen LogP contribution in [0.4, 0.5) is 5.69 Å². The number of hydrogen-bond donors (Lipinski definition) is 2. The number of benzene rings is 2. The van der Waals surface area contributed by atoms with Crippen molar-refractivity contribution in [3.8, 4) is 5.75 Å². The number of hydrogen-bond acceptors (Lipinski definition) is 3. The van der Waals surface area contributed by atoms with Crippen molar-refractivity contribution in [2.45, 2.75) is 78.6 Å². The Labute approximate surface area is 193 Å². The van der Waals surface area contributed by atoms with E-state index in [9.17, 15) is 9.90 Å². The molecule has 1 amide bonds. The van der Waals surface area contributed by atoms with Crippen LogP contribution in [0.25, 0.3) is 0 Å². The van der Waals surface area contributed by atoms with Gasteiger partial charge in [0.25, 0.3) is 0 Å². The molecule has 0 unspecified atom stereocenters. The lowest BCUT2D eigenvalue weighted by Crippen LogP contribution is -2.18. The number of phenols is 1. The van der Waals surface area contributed by atoms with Gasteiger partial charge in [-0.15, -0.1) is 0 Å². The lowest BCUT2D eigenvalue weighted by atomic mass is 9.78. The molecular weight excluding hydrogens is 402 g/mol. The molecule has 0 radical (unpaired) electrons. The Hall–Kier alpha value is -1.94. The second-order valence-corrected chi connectivity index (χ2v) is 11.4. The minimum Gasteiger partial charge on any atom is -0.507 e. The van der Waals surface area contributed by atoms with Gasteiger partial charge in [0.05, 0.1) is 5.75 Å². The summed E-state index contributed by atoms with van der Waals surface area (Å²) in [5.41, 5.74) is 5.19. The summed E-state index contributed by atoms with van der Waals surface area (Å²) in [6, 6.07) is 12.3. The molecule has 4 heteroatoms. The third kappa shape index (κ3) is 7.60. The average molecular weight is 442 g/mol. The number of aromatic hydroxyl groups is 1. The van der Waals surface area contributed by atoms with Crippen LogP contribution in [0.5, 0.6) is 5.75 Å². The predicted molar refractivity (Wildman–Crippen MR) is 136 cm³/mol. The van der Waals surface area contributed by atoms with Gasteiger partial charge in [0.2, 0.25) is 5.91 Å². The van der Waals surface area contributed by atoms with Crippen LogP contribution in [0.3, 0.4) is 0 Å². The summed E-state index contributed by atoms with van der Waals surface area (Å²) >= 11 is 1.67. The number of carbonyl (C=O) groups is 1.